The minimum Gasteiger partial charge on any atom is -0.410 e. The van der Waals surface area contributed by atoms with Gasteiger partial charge in [-0.2, -0.15) is 5.26 Å². The third kappa shape index (κ3) is 5.89. The van der Waals surface area contributed by atoms with Crippen LogP contribution in [0.2, 0.25) is 0 Å². The van der Waals surface area contributed by atoms with Crippen molar-refractivity contribution in [1.82, 2.24) is 9.80 Å². The number of anilines is 2. The van der Waals surface area contributed by atoms with Crippen LogP contribution in [-0.2, 0) is 11.3 Å². The minimum atomic E-state index is -0.465. The molecular formula is C30H28N6O3S2. The molecule has 1 fully saturated rings. The monoisotopic (exact) mass is 584 g/mol. The number of hydrogen-bond donors (Lipinski definition) is 1. The number of carbonyl (C=O) groups is 2. The van der Waals surface area contributed by atoms with Gasteiger partial charge in [-0.15, -0.1) is 0 Å². The third-order valence-electron chi connectivity index (χ3n) is 6.32. The molecule has 2 aliphatic heterocycles. The van der Waals surface area contributed by atoms with Crippen molar-refractivity contribution < 1.29 is 14.3 Å². The van der Waals surface area contributed by atoms with Gasteiger partial charge in [0.1, 0.15) is 10.7 Å². The molecule has 0 atom stereocenters. The highest BCUT2D eigenvalue weighted by atomic mass is 32.2. The molecule has 2 aliphatic rings. The van der Waals surface area contributed by atoms with Gasteiger partial charge < -0.3 is 19.9 Å². The van der Waals surface area contributed by atoms with E-state index in [0.717, 1.165) is 26.9 Å². The average Bonchev–Trinajstić information content (AvgIpc) is 3.45. The van der Waals surface area contributed by atoms with E-state index in [1.54, 1.807) is 43.3 Å². The molecule has 208 valence electrons. The van der Waals surface area contributed by atoms with E-state index in [0.29, 0.717) is 40.2 Å². The molecule has 0 aromatic heterocycles. The summed E-state index contributed by atoms with van der Waals surface area (Å²) in [4.78, 5) is 37.5. The van der Waals surface area contributed by atoms with Crippen LogP contribution in [0.1, 0.15) is 18.1 Å². The molecule has 1 N–H and O–H groups in total. The van der Waals surface area contributed by atoms with Crippen LogP contribution in [0, 0.1) is 11.3 Å². The van der Waals surface area contributed by atoms with Crippen molar-refractivity contribution in [3.8, 4) is 11.8 Å². The first-order chi connectivity index (χ1) is 19.8. The first-order valence-corrected chi connectivity index (χ1v) is 14.5. The number of benzene rings is 3. The summed E-state index contributed by atoms with van der Waals surface area (Å²) in [5.41, 5.74) is 3.68. The largest absolute Gasteiger partial charge is 0.414 e. The number of amidine groups is 1. The quantitative estimate of drug-likeness (QED) is 0.341. The van der Waals surface area contributed by atoms with Crippen molar-refractivity contribution in [3.05, 3.63) is 87.8 Å². The van der Waals surface area contributed by atoms with Crippen LogP contribution in [0.15, 0.2) is 86.6 Å². The van der Waals surface area contributed by atoms with Crippen molar-refractivity contribution in [2.75, 3.05) is 37.9 Å². The Labute approximate surface area is 247 Å². The highest BCUT2D eigenvalue weighted by Crippen LogP contribution is 2.51. The van der Waals surface area contributed by atoms with Crippen LogP contribution in [0.25, 0.3) is 0 Å². The van der Waals surface area contributed by atoms with Gasteiger partial charge in [-0.3, -0.25) is 9.69 Å². The number of rotatable bonds is 6. The average molecular weight is 585 g/mol. The summed E-state index contributed by atoms with van der Waals surface area (Å²) in [6, 6.07) is 22.7. The smallest absolute Gasteiger partial charge is 0.410 e. The molecule has 0 unspecified atom stereocenters. The molecule has 0 aliphatic carbocycles. The lowest BCUT2D eigenvalue weighted by Crippen LogP contribution is -2.29. The van der Waals surface area contributed by atoms with Crippen molar-refractivity contribution in [2.24, 2.45) is 4.99 Å². The number of nitriles is 1. The molecule has 0 saturated carbocycles. The molecule has 41 heavy (non-hydrogen) atoms. The topological polar surface area (TPSA) is 101 Å². The second-order valence-electron chi connectivity index (χ2n) is 9.43. The zero-order valence-corrected chi connectivity index (χ0v) is 24.7. The predicted molar refractivity (Wildman–Crippen MR) is 164 cm³/mol. The number of nitrogens with zero attached hydrogens (tertiary/aromatic N) is 5. The lowest BCUT2D eigenvalue weighted by molar-refractivity contribution is -0.122. The maximum absolute atomic E-state index is 14.0. The molecule has 5 rings (SSSR count). The number of thioether (sulfide) groups is 2. The Morgan fingerprint density at radius 3 is 2.59 bits per heavy atom. The third-order valence-corrected chi connectivity index (χ3v) is 8.76. The summed E-state index contributed by atoms with van der Waals surface area (Å²) in [6.07, 6.45) is -0.465. The van der Waals surface area contributed by atoms with Gasteiger partial charge >= 0.3 is 6.09 Å². The number of fused-ring (bicyclic) bond motifs is 1. The first-order valence-electron chi connectivity index (χ1n) is 12.9. The Hall–Kier alpha value is -4.40. The molecule has 0 bridgehead atoms. The van der Waals surface area contributed by atoms with Gasteiger partial charge in [0.05, 0.1) is 40.3 Å². The van der Waals surface area contributed by atoms with E-state index >= 15 is 0 Å². The Balaban J connectivity index is 1.54. The van der Waals surface area contributed by atoms with Crippen LogP contribution in [0.4, 0.5) is 21.9 Å². The summed E-state index contributed by atoms with van der Waals surface area (Å²) in [5.74, 6) is 0.272. The summed E-state index contributed by atoms with van der Waals surface area (Å²) >= 11 is 2.80. The Bertz CT molecular complexity index is 1610. The van der Waals surface area contributed by atoms with Gasteiger partial charge in [-0.1, -0.05) is 42.1 Å². The minimum absolute atomic E-state index is 0.152. The molecule has 2 heterocycles. The predicted octanol–water partition coefficient (Wildman–Crippen LogP) is 6.22. The maximum atomic E-state index is 14.0. The summed E-state index contributed by atoms with van der Waals surface area (Å²) in [5, 5.41) is 14.1. The van der Waals surface area contributed by atoms with Crippen LogP contribution in [-0.4, -0.2) is 54.7 Å². The van der Waals surface area contributed by atoms with Gasteiger partial charge in [0.15, 0.2) is 5.17 Å². The van der Waals surface area contributed by atoms with Crippen LogP contribution >= 0.6 is 23.5 Å². The van der Waals surface area contributed by atoms with E-state index in [1.807, 2.05) is 61.3 Å². The number of carbonyl (C=O) groups excluding carboxylic acids is 2. The maximum Gasteiger partial charge on any atom is 0.414 e. The van der Waals surface area contributed by atoms with E-state index in [9.17, 15) is 14.9 Å². The number of aliphatic imine (C=N–C) groups is 1. The molecule has 0 radical (unpaired) electrons. The number of amides is 2. The second-order valence-corrected chi connectivity index (χ2v) is 11.4. The normalized spacial score (nSPS) is 17.0. The number of ether oxygens (including phenoxy) is 1. The Morgan fingerprint density at radius 1 is 1.10 bits per heavy atom. The Morgan fingerprint density at radius 2 is 1.88 bits per heavy atom. The Kier molecular flexibility index (Phi) is 8.23. The standard InChI is InChI=1S/C30H28N6O3S2/c1-5-32-22-13-11-20(17-31)15-23(22)33-29-36(18-19-9-7-6-8-10-19)27(37)26(41-29)28-35(4)24-16-21(12-14-25(24)40-28)39-30(38)34(2)3/h6-16,32H,5,18H2,1-4H3/b28-26-,33-29+. The summed E-state index contributed by atoms with van der Waals surface area (Å²) in [6.45, 7) is 3.03. The van der Waals surface area contributed by atoms with Gasteiger partial charge in [0, 0.05) is 38.6 Å². The van der Waals surface area contributed by atoms with Crippen molar-refractivity contribution in [2.45, 2.75) is 18.4 Å². The SMILES string of the molecule is CCNc1ccc(C#N)cc1/N=C1/S/C(=C2\Sc3ccc(OC(=O)N(C)C)cc3N2C)C(=O)N1Cc1ccccc1. The van der Waals surface area contributed by atoms with Crippen LogP contribution in [0.3, 0.4) is 0 Å². The molecule has 3 aromatic rings. The second kappa shape index (κ2) is 12.0. The van der Waals surface area contributed by atoms with Crippen LogP contribution in [0.5, 0.6) is 5.75 Å². The lowest BCUT2D eigenvalue weighted by atomic mass is 10.2. The van der Waals surface area contributed by atoms with E-state index < -0.39 is 6.09 Å². The molecule has 1 saturated heterocycles. The molecule has 2 amide bonds. The molecule has 0 spiro atoms. The highest BCUT2D eigenvalue weighted by molar-refractivity contribution is 8.19. The zero-order valence-electron chi connectivity index (χ0n) is 23.0. The summed E-state index contributed by atoms with van der Waals surface area (Å²) < 4.78 is 5.45. The molecule has 11 heteroatoms. The number of hydrogen-bond acceptors (Lipinski definition) is 9. The van der Waals surface area contributed by atoms with E-state index in [4.69, 9.17) is 9.73 Å². The first kappa shape index (κ1) is 28.1. The van der Waals surface area contributed by atoms with Crippen molar-refractivity contribution in [3.63, 3.8) is 0 Å². The molecule has 3 aromatic carbocycles. The van der Waals surface area contributed by atoms with Gasteiger partial charge in [-0.25, -0.2) is 9.79 Å². The fourth-order valence-corrected chi connectivity index (χ4v) is 6.56. The highest BCUT2D eigenvalue weighted by Gasteiger charge is 2.39. The fourth-order valence-electron chi connectivity index (χ4n) is 4.24. The molecule has 9 nitrogen and oxygen atoms in total. The van der Waals surface area contributed by atoms with Gasteiger partial charge in [-0.05, 0) is 54.6 Å². The fraction of sp³-hybridized carbons (Fsp3) is 0.200. The van der Waals surface area contributed by atoms with E-state index in [2.05, 4.69) is 11.4 Å². The lowest BCUT2D eigenvalue weighted by Gasteiger charge is -2.17. The summed E-state index contributed by atoms with van der Waals surface area (Å²) in [7, 11) is 5.14. The van der Waals surface area contributed by atoms with Crippen molar-refractivity contribution in [1.29, 1.82) is 5.26 Å². The number of nitrogens with one attached hydrogen (secondary N) is 1. The zero-order chi connectivity index (χ0) is 29.1. The van der Waals surface area contributed by atoms with Gasteiger partial charge in [0.2, 0.25) is 0 Å². The van der Waals surface area contributed by atoms with Crippen molar-refractivity contribution >= 4 is 57.8 Å². The van der Waals surface area contributed by atoms with Gasteiger partial charge in [0.25, 0.3) is 5.91 Å². The van der Waals surface area contributed by atoms with E-state index in [1.165, 1.54) is 28.4 Å². The van der Waals surface area contributed by atoms with Crippen LogP contribution < -0.4 is 15.0 Å². The van der Waals surface area contributed by atoms with E-state index in [-0.39, 0.29) is 5.91 Å². The molecular weight excluding hydrogens is 557 g/mol.